The highest BCUT2D eigenvalue weighted by Gasteiger charge is 2.23. The third kappa shape index (κ3) is 4.64. The lowest BCUT2D eigenvalue weighted by Crippen LogP contribution is -2.24. The monoisotopic (exact) mass is 358 g/mol. The largest absolute Gasteiger partial charge is 0.466 e. The van der Waals surface area contributed by atoms with Crippen LogP contribution in [0.15, 0.2) is 36.7 Å². The number of esters is 1. The lowest BCUT2D eigenvalue weighted by molar-refractivity contribution is -0.143. The van der Waals surface area contributed by atoms with E-state index < -0.39 is 0 Å². The Balaban J connectivity index is 1.75. The molecule has 26 heavy (non-hydrogen) atoms. The molecule has 0 N–H and O–H groups in total. The van der Waals surface area contributed by atoms with Gasteiger partial charge in [0.05, 0.1) is 25.6 Å². The summed E-state index contributed by atoms with van der Waals surface area (Å²) in [6, 6.07) is 7.82. The molecule has 0 saturated carbocycles. The summed E-state index contributed by atoms with van der Waals surface area (Å²) in [5, 5.41) is 0. The number of imidazole rings is 1. The molecule has 2 aromatic rings. The van der Waals surface area contributed by atoms with Gasteiger partial charge in [-0.05, 0) is 37.5 Å². The fraction of sp³-hybridized carbons (Fsp3) is 0.500. The fourth-order valence-corrected chi connectivity index (χ4v) is 3.19. The molecule has 6 nitrogen and oxygen atoms in total. The molecule has 2 atom stereocenters. The van der Waals surface area contributed by atoms with Gasteiger partial charge in [0.2, 0.25) is 0 Å². The van der Waals surface area contributed by atoms with Gasteiger partial charge in [-0.3, -0.25) is 4.79 Å². The molecule has 0 aliphatic carbocycles. The Labute approximate surface area is 154 Å². The molecule has 0 amide bonds. The molecular formula is C20H26N2O4. The van der Waals surface area contributed by atoms with E-state index >= 15 is 0 Å². The van der Waals surface area contributed by atoms with E-state index in [4.69, 9.17) is 14.2 Å². The van der Waals surface area contributed by atoms with E-state index in [1.807, 2.05) is 49.0 Å². The molecule has 0 radical (unpaired) electrons. The van der Waals surface area contributed by atoms with Gasteiger partial charge in [0.15, 0.2) is 6.29 Å². The van der Waals surface area contributed by atoms with Crippen molar-refractivity contribution in [2.75, 3.05) is 13.2 Å². The molecule has 1 aliphatic rings. The van der Waals surface area contributed by atoms with Gasteiger partial charge >= 0.3 is 5.97 Å². The van der Waals surface area contributed by atoms with Crippen LogP contribution in [0.4, 0.5) is 0 Å². The molecule has 140 valence electrons. The van der Waals surface area contributed by atoms with Crippen molar-refractivity contribution in [3.05, 3.63) is 48.0 Å². The van der Waals surface area contributed by atoms with E-state index in [1.54, 1.807) is 6.20 Å². The molecular weight excluding hydrogens is 332 g/mol. The van der Waals surface area contributed by atoms with Gasteiger partial charge in [0.25, 0.3) is 0 Å². The number of rotatable bonds is 7. The molecule has 0 spiro atoms. The smallest absolute Gasteiger partial charge is 0.306 e. The molecule has 2 heterocycles. The first kappa shape index (κ1) is 18.5. The van der Waals surface area contributed by atoms with Crippen molar-refractivity contribution in [3.8, 4) is 5.75 Å². The second kappa shape index (κ2) is 8.85. The van der Waals surface area contributed by atoms with Crippen molar-refractivity contribution < 1.29 is 19.0 Å². The summed E-state index contributed by atoms with van der Waals surface area (Å²) in [6.07, 6.45) is 6.85. The minimum absolute atomic E-state index is 0.158. The van der Waals surface area contributed by atoms with E-state index in [0.717, 1.165) is 43.0 Å². The predicted molar refractivity (Wildman–Crippen MR) is 97.0 cm³/mol. The van der Waals surface area contributed by atoms with Crippen LogP contribution in [0.25, 0.3) is 0 Å². The maximum atomic E-state index is 12.1. The maximum Gasteiger partial charge on any atom is 0.306 e. The maximum absolute atomic E-state index is 12.1. The van der Waals surface area contributed by atoms with E-state index in [1.165, 1.54) is 0 Å². The van der Waals surface area contributed by atoms with Crippen LogP contribution in [-0.2, 0) is 21.3 Å². The van der Waals surface area contributed by atoms with Gasteiger partial charge in [-0.25, -0.2) is 4.98 Å². The van der Waals surface area contributed by atoms with Gasteiger partial charge in [-0.1, -0.05) is 12.1 Å². The molecule has 6 heteroatoms. The zero-order valence-corrected chi connectivity index (χ0v) is 15.4. The van der Waals surface area contributed by atoms with E-state index in [-0.39, 0.29) is 24.6 Å². The highest BCUT2D eigenvalue weighted by atomic mass is 16.7. The number of hydrogen-bond acceptors (Lipinski definition) is 5. The summed E-state index contributed by atoms with van der Waals surface area (Å²) >= 11 is 0. The van der Waals surface area contributed by atoms with Crippen molar-refractivity contribution in [1.29, 1.82) is 0 Å². The number of aryl methyl sites for hydroxylation is 1. The summed E-state index contributed by atoms with van der Waals surface area (Å²) in [6.45, 7) is 2.94. The van der Waals surface area contributed by atoms with Crippen LogP contribution in [0.5, 0.6) is 5.75 Å². The summed E-state index contributed by atoms with van der Waals surface area (Å²) in [5.74, 6) is 1.23. The summed E-state index contributed by atoms with van der Waals surface area (Å²) < 4.78 is 18.6. The van der Waals surface area contributed by atoms with Crippen LogP contribution >= 0.6 is 0 Å². The minimum Gasteiger partial charge on any atom is -0.466 e. The van der Waals surface area contributed by atoms with Crippen molar-refractivity contribution in [2.24, 2.45) is 7.05 Å². The van der Waals surface area contributed by atoms with Crippen molar-refractivity contribution in [3.63, 3.8) is 0 Å². The number of ether oxygens (including phenoxy) is 3. The van der Waals surface area contributed by atoms with Crippen LogP contribution < -0.4 is 4.74 Å². The van der Waals surface area contributed by atoms with Crippen LogP contribution in [0.3, 0.4) is 0 Å². The third-order valence-electron chi connectivity index (χ3n) is 4.53. The van der Waals surface area contributed by atoms with E-state index in [0.29, 0.717) is 6.61 Å². The first-order valence-corrected chi connectivity index (χ1v) is 9.18. The minimum atomic E-state index is -0.226. The normalized spacial score (nSPS) is 18.3. The SMILES string of the molecule is CCOC(=O)CC(c1ccc(OC2CCCCO2)cc1)c1nccn1C. The number of aromatic nitrogens is 2. The summed E-state index contributed by atoms with van der Waals surface area (Å²) in [4.78, 5) is 16.5. The lowest BCUT2D eigenvalue weighted by Gasteiger charge is -2.23. The van der Waals surface area contributed by atoms with Crippen molar-refractivity contribution in [1.82, 2.24) is 9.55 Å². The fourth-order valence-electron chi connectivity index (χ4n) is 3.19. The number of benzene rings is 1. The molecule has 1 saturated heterocycles. The van der Waals surface area contributed by atoms with Gasteiger partial charge < -0.3 is 18.8 Å². The third-order valence-corrected chi connectivity index (χ3v) is 4.53. The Morgan fingerprint density at radius 1 is 1.35 bits per heavy atom. The Hall–Kier alpha value is -2.34. The standard InChI is InChI=1S/C20H26N2O4/c1-3-24-18(23)14-17(20-21-11-12-22(20)2)15-7-9-16(10-8-15)26-19-6-4-5-13-25-19/h7-12,17,19H,3-6,13-14H2,1-2H3. The highest BCUT2D eigenvalue weighted by Crippen LogP contribution is 2.29. The first-order chi connectivity index (χ1) is 12.7. The Morgan fingerprint density at radius 3 is 2.77 bits per heavy atom. The quantitative estimate of drug-likeness (QED) is 0.710. The topological polar surface area (TPSA) is 62.6 Å². The van der Waals surface area contributed by atoms with Crippen molar-refractivity contribution in [2.45, 2.75) is 44.8 Å². The first-order valence-electron chi connectivity index (χ1n) is 9.18. The van der Waals surface area contributed by atoms with Gasteiger partial charge in [0, 0.05) is 25.9 Å². The highest BCUT2D eigenvalue weighted by molar-refractivity contribution is 5.71. The number of nitrogens with zero attached hydrogens (tertiary/aromatic N) is 2. The predicted octanol–water partition coefficient (Wildman–Crippen LogP) is 3.41. The molecule has 2 unspecified atom stereocenters. The number of carbonyl (C=O) groups excluding carboxylic acids is 1. The molecule has 1 aromatic heterocycles. The van der Waals surface area contributed by atoms with Gasteiger partial charge in [0.1, 0.15) is 11.6 Å². The summed E-state index contributed by atoms with van der Waals surface area (Å²) in [7, 11) is 1.93. The molecule has 1 aromatic carbocycles. The second-order valence-corrected chi connectivity index (χ2v) is 6.44. The molecule has 3 rings (SSSR count). The van der Waals surface area contributed by atoms with Gasteiger partial charge in [-0.2, -0.15) is 0 Å². The Kier molecular flexibility index (Phi) is 6.28. The van der Waals surface area contributed by atoms with Crippen LogP contribution in [-0.4, -0.2) is 35.0 Å². The number of carbonyl (C=O) groups is 1. The van der Waals surface area contributed by atoms with Gasteiger partial charge in [-0.15, -0.1) is 0 Å². The molecule has 0 bridgehead atoms. The number of hydrogen-bond donors (Lipinski definition) is 0. The zero-order chi connectivity index (χ0) is 18.4. The molecule has 1 aliphatic heterocycles. The van der Waals surface area contributed by atoms with Crippen LogP contribution in [0.1, 0.15) is 49.9 Å². The Bertz CT molecular complexity index is 705. The van der Waals surface area contributed by atoms with Crippen LogP contribution in [0, 0.1) is 0 Å². The van der Waals surface area contributed by atoms with Crippen LogP contribution in [0.2, 0.25) is 0 Å². The summed E-state index contributed by atoms with van der Waals surface area (Å²) in [5.41, 5.74) is 1.00. The van der Waals surface area contributed by atoms with E-state index in [9.17, 15) is 4.79 Å². The average Bonchev–Trinajstić information content (AvgIpc) is 3.07. The second-order valence-electron chi connectivity index (χ2n) is 6.44. The zero-order valence-electron chi connectivity index (χ0n) is 15.4. The van der Waals surface area contributed by atoms with E-state index in [2.05, 4.69) is 4.98 Å². The Morgan fingerprint density at radius 2 is 2.15 bits per heavy atom. The lowest BCUT2D eigenvalue weighted by atomic mass is 9.94. The average molecular weight is 358 g/mol. The molecule has 1 fully saturated rings. The van der Waals surface area contributed by atoms with Crippen molar-refractivity contribution >= 4 is 5.97 Å².